The standard InChI is InChI=1S/C26H28N2O4/c1-18-5-6-19(2)22(13-18)17-32-24-12-9-21(14-25(24)31-4)16-27-28-26(29)15-20-7-10-23(30-3)11-8-20/h5-14,16H,15,17H2,1-4H3,(H,28,29)/b27-16-. The minimum absolute atomic E-state index is 0.202. The van der Waals surface area contributed by atoms with Gasteiger partial charge in [0.05, 0.1) is 26.9 Å². The second-order valence-electron chi connectivity index (χ2n) is 7.45. The predicted octanol–water partition coefficient (Wildman–Crippen LogP) is 4.59. The molecule has 0 radical (unpaired) electrons. The number of hydrazone groups is 1. The van der Waals surface area contributed by atoms with Crippen LogP contribution in [0, 0.1) is 13.8 Å². The Morgan fingerprint density at radius 1 is 0.938 bits per heavy atom. The average Bonchev–Trinajstić information content (AvgIpc) is 2.80. The molecular weight excluding hydrogens is 404 g/mol. The second-order valence-corrected chi connectivity index (χ2v) is 7.45. The van der Waals surface area contributed by atoms with Crippen LogP contribution in [0.15, 0.2) is 65.8 Å². The molecule has 166 valence electrons. The topological polar surface area (TPSA) is 69.2 Å². The van der Waals surface area contributed by atoms with Gasteiger partial charge in [0.1, 0.15) is 12.4 Å². The van der Waals surface area contributed by atoms with E-state index in [1.165, 1.54) is 11.1 Å². The van der Waals surface area contributed by atoms with E-state index < -0.39 is 0 Å². The number of amides is 1. The Morgan fingerprint density at radius 3 is 2.44 bits per heavy atom. The monoisotopic (exact) mass is 432 g/mol. The summed E-state index contributed by atoms with van der Waals surface area (Å²) in [4.78, 5) is 12.1. The number of nitrogens with one attached hydrogen (secondary N) is 1. The van der Waals surface area contributed by atoms with Crippen molar-refractivity contribution in [3.05, 3.63) is 88.5 Å². The maximum atomic E-state index is 12.1. The first kappa shape index (κ1) is 22.9. The molecule has 0 saturated carbocycles. The molecule has 0 saturated heterocycles. The SMILES string of the molecule is COc1ccc(CC(=O)N/N=C\c2ccc(OCc3cc(C)ccc3C)c(OC)c2)cc1. The van der Waals surface area contributed by atoms with Gasteiger partial charge in [0, 0.05) is 0 Å². The second kappa shape index (κ2) is 11.0. The summed E-state index contributed by atoms with van der Waals surface area (Å²) in [6.45, 7) is 4.59. The average molecular weight is 433 g/mol. The van der Waals surface area contributed by atoms with Gasteiger partial charge < -0.3 is 14.2 Å². The third-order valence-corrected chi connectivity index (χ3v) is 5.00. The highest BCUT2D eigenvalue weighted by Gasteiger charge is 2.08. The Hall–Kier alpha value is -3.80. The lowest BCUT2D eigenvalue weighted by Gasteiger charge is -2.13. The summed E-state index contributed by atoms with van der Waals surface area (Å²) < 4.78 is 16.6. The van der Waals surface area contributed by atoms with Gasteiger partial charge in [0.25, 0.3) is 0 Å². The molecule has 6 heteroatoms. The fourth-order valence-corrected chi connectivity index (χ4v) is 3.14. The van der Waals surface area contributed by atoms with Crippen molar-refractivity contribution < 1.29 is 19.0 Å². The molecule has 6 nitrogen and oxygen atoms in total. The van der Waals surface area contributed by atoms with Crippen LogP contribution in [0.4, 0.5) is 0 Å². The van der Waals surface area contributed by atoms with E-state index in [-0.39, 0.29) is 12.3 Å². The van der Waals surface area contributed by atoms with Crippen molar-refractivity contribution in [1.29, 1.82) is 0 Å². The van der Waals surface area contributed by atoms with Gasteiger partial charge in [-0.25, -0.2) is 5.43 Å². The first-order valence-corrected chi connectivity index (χ1v) is 10.3. The van der Waals surface area contributed by atoms with Crippen LogP contribution in [0.3, 0.4) is 0 Å². The lowest BCUT2D eigenvalue weighted by atomic mass is 10.1. The van der Waals surface area contributed by atoms with Crippen LogP contribution in [0.5, 0.6) is 17.2 Å². The molecule has 0 unspecified atom stereocenters. The van der Waals surface area contributed by atoms with E-state index in [4.69, 9.17) is 14.2 Å². The number of carbonyl (C=O) groups excluding carboxylic acids is 1. The number of ether oxygens (including phenoxy) is 3. The lowest BCUT2D eigenvalue weighted by Crippen LogP contribution is -2.19. The fraction of sp³-hybridized carbons (Fsp3) is 0.231. The molecule has 0 heterocycles. The Labute approximate surface area is 188 Å². The van der Waals surface area contributed by atoms with Crippen molar-refractivity contribution in [3.8, 4) is 17.2 Å². The summed E-state index contributed by atoms with van der Waals surface area (Å²) in [6, 6.07) is 19.2. The molecule has 0 aliphatic heterocycles. The quantitative estimate of drug-likeness (QED) is 0.397. The van der Waals surface area contributed by atoms with E-state index in [0.29, 0.717) is 18.1 Å². The number of aryl methyl sites for hydroxylation is 2. The Balaban J connectivity index is 1.57. The zero-order chi connectivity index (χ0) is 22.9. The number of nitrogens with zero attached hydrogens (tertiary/aromatic N) is 1. The van der Waals surface area contributed by atoms with Crippen LogP contribution in [-0.4, -0.2) is 26.3 Å². The minimum atomic E-state index is -0.202. The Kier molecular flexibility index (Phi) is 7.86. The normalized spacial score (nSPS) is 10.8. The zero-order valence-corrected chi connectivity index (χ0v) is 18.8. The number of rotatable bonds is 9. The zero-order valence-electron chi connectivity index (χ0n) is 18.8. The van der Waals surface area contributed by atoms with Crippen molar-refractivity contribution in [1.82, 2.24) is 5.43 Å². The molecule has 0 aliphatic carbocycles. The Morgan fingerprint density at radius 2 is 1.72 bits per heavy atom. The van der Waals surface area contributed by atoms with E-state index in [9.17, 15) is 4.79 Å². The molecule has 0 bridgehead atoms. The highest BCUT2D eigenvalue weighted by atomic mass is 16.5. The van der Waals surface area contributed by atoms with Gasteiger partial charge in [-0.2, -0.15) is 5.10 Å². The van der Waals surface area contributed by atoms with E-state index in [2.05, 4.69) is 42.6 Å². The Bertz CT molecular complexity index is 1090. The van der Waals surface area contributed by atoms with Gasteiger partial charge in [-0.1, -0.05) is 35.9 Å². The van der Waals surface area contributed by atoms with E-state index in [1.807, 2.05) is 42.5 Å². The molecule has 32 heavy (non-hydrogen) atoms. The van der Waals surface area contributed by atoms with Crippen LogP contribution < -0.4 is 19.6 Å². The smallest absolute Gasteiger partial charge is 0.244 e. The summed E-state index contributed by atoms with van der Waals surface area (Å²) >= 11 is 0. The van der Waals surface area contributed by atoms with Crippen molar-refractivity contribution in [2.75, 3.05) is 14.2 Å². The summed E-state index contributed by atoms with van der Waals surface area (Å²) in [5, 5.41) is 4.05. The molecular formula is C26H28N2O4. The van der Waals surface area contributed by atoms with Crippen molar-refractivity contribution in [2.24, 2.45) is 5.10 Å². The van der Waals surface area contributed by atoms with Crippen LogP contribution in [0.25, 0.3) is 0 Å². The highest BCUT2D eigenvalue weighted by Crippen LogP contribution is 2.28. The van der Waals surface area contributed by atoms with Crippen molar-refractivity contribution in [3.63, 3.8) is 0 Å². The maximum Gasteiger partial charge on any atom is 0.244 e. The van der Waals surface area contributed by atoms with Gasteiger partial charge in [0.2, 0.25) is 5.91 Å². The predicted molar refractivity (Wildman–Crippen MR) is 126 cm³/mol. The van der Waals surface area contributed by atoms with E-state index >= 15 is 0 Å². The number of hydrogen-bond acceptors (Lipinski definition) is 5. The van der Waals surface area contributed by atoms with Gasteiger partial charge in [-0.05, 0) is 66.4 Å². The molecule has 0 spiro atoms. The number of carbonyl (C=O) groups is 1. The molecule has 1 N–H and O–H groups in total. The van der Waals surface area contributed by atoms with E-state index in [0.717, 1.165) is 22.4 Å². The number of benzene rings is 3. The summed E-state index contributed by atoms with van der Waals surface area (Å²) in [5.74, 6) is 1.80. The van der Waals surface area contributed by atoms with Crippen molar-refractivity contribution in [2.45, 2.75) is 26.9 Å². The van der Waals surface area contributed by atoms with Crippen LogP contribution in [0.2, 0.25) is 0 Å². The van der Waals surface area contributed by atoms with Gasteiger partial charge in [0.15, 0.2) is 11.5 Å². The summed E-state index contributed by atoms with van der Waals surface area (Å²) in [5.41, 5.74) is 7.73. The maximum absolute atomic E-state index is 12.1. The van der Waals surface area contributed by atoms with Crippen LogP contribution in [0.1, 0.15) is 27.8 Å². The summed E-state index contributed by atoms with van der Waals surface area (Å²) in [7, 11) is 3.20. The summed E-state index contributed by atoms with van der Waals surface area (Å²) in [6.07, 6.45) is 1.80. The van der Waals surface area contributed by atoms with Gasteiger partial charge in [-0.15, -0.1) is 0 Å². The minimum Gasteiger partial charge on any atom is -0.497 e. The first-order chi connectivity index (χ1) is 15.5. The molecule has 3 aromatic rings. The van der Waals surface area contributed by atoms with Gasteiger partial charge >= 0.3 is 0 Å². The third-order valence-electron chi connectivity index (χ3n) is 5.00. The van der Waals surface area contributed by atoms with Crippen molar-refractivity contribution >= 4 is 12.1 Å². The largest absolute Gasteiger partial charge is 0.497 e. The van der Waals surface area contributed by atoms with Crippen LogP contribution >= 0.6 is 0 Å². The fourth-order valence-electron chi connectivity index (χ4n) is 3.14. The molecule has 3 aromatic carbocycles. The molecule has 1 amide bonds. The molecule has 3 rings (SSSR count). The molecule has 0 aromatic heterocycles. The molecule has 0 aliphatic rings. The first-order valence-electron chi connectivity index (χ1n) is 10.3. The number of hydrogen-bond donors (Lipinski definition) is 1. The number of methoxy groups -OCH3 is 2. The van der Waals surface area contributed by atoms with Crippen LogP contribution in [-0.2, 0) is 17.8 Å². The molecule has 0 atom stereocenters. The highest BCUT2D eigenvalue weighted by molar-refractivity contribution is 5.84. The lowest BCUT2D eigenvalue weighted by molar-refractivity contribution is -0.120. The third kappa shape index (κ3) is 6.35. The molecule has 0 fully saturated rings. The van der Waals surface area contributed by atoms with E-state index in [1.54, 1.807) is 20.4 Å². The van der Waals surface area contributed by atoms with Gasteiger partial charge in [-0.3, -0.25) is 4.79 Å².